The fraction of sp³-hybridized carbons (Fsp3) is 0.294. The van der Waals surface area contributed by atoms with Crippen LogP contribution in [-0.2, 0) is 11.0 Å². The number of nitrogens with zero attached hydrogens (tertiary/aromatic N) is 2. The Morgan fingerprint density at radius 3 is 2.83 bits per heavy atom. The maximum atomic E-state index is 13.0. The highest BCUT2D eigenvalue weighted by atomic mass is 19.4. The van der Waals surface area contributed by atoms with Gasteiger partial charge in [0.2, 0.25) is 5.91 Å². The number of carbonyl (C=O) groups is 1. The van der Waals surface area contributed by atoms with E-state index in [-0.39, 0.29) is 23.9 Å². The molecule has 0 radical (unpaired) electrons. The monoisotopic (exact) mass is 335 g/mol. The predicted octanol–water partition coefficient (Wildman–Crippen LogP) is 4.19. The highest BCUT2D eigenvalue weighted by molar-refractivity contribution is 5.93. The molecule has 7 heteroatoms. The third-order valence-electron chi connectivity index (χ3n) is 3.91. The van der Waals surface area contributed by atoms with Gasteiger partial charge in [-0.1, -0.05) is 12.2 Å². The molecule has 0 fully saturated rings. The average molecular weight is 335 g/mol. The zero-order chi connectivity index (χ0) is 17.2. The number of rotatable bonds is 4. The van der Waals surface area contributed by atoms with Crippen molar-refractivity contribution in [2.45, 2.75) is 25.4 Å². The summed E-state index contributed by atoms with van der Waals surface area (Å²) in [7, 11) is 0. The van der Waals surface area contributed by atoms with Crippen LogP contribution in [0.1, 0.15) is 24.8 Å². The summed E-state index contributed by atoms with van der Waals surface area (Å²) >= 11 is 0. The Hall–Kier alpha value is -2.57. The summed E-state index contributed by atoms with van der Waals surface area (Å²) < 4.78 is 40.3. The molecule has 1 amide bonds. The zero-order valence-electron chi connectivity index (χ0n) is 12.8. The number of hydrogen-bond acceptors (Lipinski definition) is 2. The molecule has 3 rings (SSSR count). The van der Waals surface area contributed by atoms with Crippen molar-refractivity contribution in [2.75, 3.05) is 5.32 Å². The molecule has 24 heavy (non-hydrogen) atoms. The lowest BCUT2D eigenvalue weighted by atomic mass is 10.0. The van der Waals surface area contributed by atoms with Crippen LogP contribution in [0.5, 0.6) is 0 Å². The van der Waals surface area contributed by atoms with Gasteiger partial charge >= 0.3 is 6.18 Å². The van der Waals surface area contributed by atoms with E-state index in [9.17, 15) is 18.0 Å². The number of hydrogen-bond donors (Lipinski definition) is 1. The molecule has 0 aliphatic heterocycles. The minimum absolute atomic E-state index is 0.0977. The number of allylic oxidation sites excluding steroid dienone is 2. The van der Waals surface area contributed by atoms with Gasteiger partial charge in [-0.15, -0.1) is 0 Å². The van der Waals surface area contributed by atoms with Crippen molar-refractivity contribution in [2.24, 2.45) is 5.92 Å². The molecule has 0 saturated heterocycles. The number of anilines is 1. The lowest BCUT2D eigenvalue weighted by molar-refractivity contribution is -0.137. The van der Waals surface area contributed by atoms with Crippen LogP contribution in [0.3, 0.4) is 0 Å². The van der Waals surface area contributed by atoms with Crippen LogP contribution in [-0.4, -0.2) is 15.7 Å². The van der Waals surface area contributed by atoms with Crippen LogP contribution >= 0.6 is 0 Å². The quantitative estimate of drug-likeness (QED) is 0.852. The Labute approximate surface area is 137 Å². The largest absolute Gasteiger partial charge is 0.416 e. The molecule has 1 N–H and O–H groups in total. The first-order chi connectivity index (χ1) is 11.4. The third kappa shape index (κ3) is 3.67. The van der Waals surface area contributed by atoms with Gasteiger partial charge in [0, 0.05) is 18.8 Å². The molecule has 0 bridgehead atoms. The van der Waals surface area contributed by atoms with Crippen molar-refractivity contribution < 1.29 is 18.0 Å². The second-order valence-electron chi connectivity index (χ2n) is 5.70. The topological polar surface area (TPSA) is 46.9 Å². The van der Waals surface area contributed by atoms with Crippen LogP contribution in [0.4, 0.5) is 18.9 Å². The van der Waals surface area contributed by atoms with Crippen molar-refractivity contribution in [3.05, 3.63) is 54.4 Å². The maximum absolute atomic E-state index is 13.0. The number of amides is 1. The van der Waals surface area contributed by atoms with Gasteiger partial charge in [0.25, 0.3) is 0 Å². The van der Waals surface area contributed by atoms with E-state index in [1.54, 1.807) is 12.3 Å². The fourth-order valence-corrected chi connectivity index (χ4v) is 2.73. The highest BCUT2D eigenvalue weighted by Gasteiger charge is 2.31. The Morgan fingerprint density at radius 2 is 2.21 bits per heavy atom. The maximum Gasteiger partial charge on any atom is 0.416 e. The standard InChI is InChI=1S/C17H16F3N3O/c18-17(19,20)13-6-7-15(23-9-3-8-21-23)14(11-13)22-16(24)10-12-4-1-2-5-12/h1,3-4,6-9,11-12H,2,5,10H2,(H,22,24). The molecule has 2 aromatic rings. The molecule has 1 unspecified atom stereocenters. The van der Waals surface area contributed by atoms with Gasteiger partial charge in [0.05, 0.1) is 16.9 Å². The minimum Gasteiger partial charge on any atom is -0.324 e. The smallest absolute Gasteiger partial charge is 0.324 e. The molecule has 1 atom stereocenters. The highest BCUT2D eigenvalue weighted by Crippen LogP contribution is 2.33. The number of benzene rings is 1. The molecular weight excluding hydrogens is 319 g/mol. The summed E-state index contributed by atoms with van der Waals surface area (Å²) in [6.45, 7) is 0. The molecule has 4 nitrogen and oxygen atoms in total. The van der Waals surface area contributed by atoms with E-state index in [2.05, 4.69) is 10.4 Å². The molecule has 126 valence electrons. The van der Waals surface area contributed by atoms with Gasteiger partial charge in [-0.2, -0.15) is 18.3 Å². The molecule has 1 aliphatic carbocycles. The SMILES string of the molecule is O=C(CC1C=CCC1)Nc1cc(C(F)(F)F)ccc1-n1cccn1. The number of carbonyl (C=O) groups excluding carboxylic acids is 1. The summed E-state index contributed by atoms with van der Waals surface area (Å²) in [5.74, 6) is -0.164. The number of nitrogens with one attached hydrogen (secondary N) is 1. The Kier molecular flexibility index (Phi) is 4.42. The first kappa shape index (κ1) is 16.3. The summed E-state index contributed by atoms with van der Waals surface area (Å²) in [4.78, 5) is 12.2. The van der Waals surface area contributed by atoms with Crippen LogP contribution in [0.15, 0.2) is 48.8 Å². The normalized spacial score (nSPS) is 17.2. The van der Waals surface area contributed by atoms with Crippen molar-refractivity contribution >= 4 is 11.6 Å². The average Bonchev–Trinajstić information content (AvgIpc) is 3.19. The van der Waals surface area contributed by atoms with Gasteiger partial charge in [-0.3, -0.25) is 4.79 Å². The number of halogens is 3. The molecule has 0 spiro atoms. The number of alkyl halides is 3. The van der Waals surface area contributed by atoms with Gasteiger partial charge in [-0.05, 0) is 43.0 Å². The van der Waals surface area contributed by atoms with Crippen molar-refractivity contribution in [1.29, 1.82) is 0 Å². The summed E-state index contributed by atoms with van der Waals surface area (Å²) in [6.07, 6.45) is 4.71. The van der Waals surface area contributed by atoms with E-state index in [0.29, 0.717) is 5.69 Å². The van der Waals surface area contributed by atoms with Crippen LogP contribution in [0.25, 0.3) is 5.69 Å². The van der Waals surface area contributed by atoms with Gasteiger partial charge in [0.15, 0.2) is 0 Å². The van der Waals surface area contributed by atoms with E-state index in [1.807, 2.05) is 12.2 Å². The predicted molar refractivity (Wildman–Crippen MR) is 83.7 cm³/mol. The van der Waals surface area contributed by atoms with Crippen molar-refractivity contribution in [1.82, 2.24) is 9.78 Å². The van der Waals surface area contributed by atoms with Gasteiger partial charge < -0.3 is 5.32 Å². The first-order valence-corrected chi connectivity index (χ1v) is 7.61. The Bertz CT molecular complexity index is 751. The van der Waals surface area contributed by atoms with Gasteiger partial charge in [0.1, 0.15) is 0 Å². The third-order valence-corrected chi connectivity index (χ3v) is 3.91. The second kappa shape index (κ2) is 6.51. The summed E-state index contributed by atoms with van der Waals surface area (Å²) in [6, 6.07) is 4.89. The molecular formula is C17H16F3N3O. The van der Waals surface area contributed by atoms with E-state index in [4.69, 9.17) is 0 Å². The summed E-state index contributed by atoms with van der Waals surface area (Å²) in [5, 5.41) is 6.63. The van der Waals surface area contributed by atoms with Gasteiger partial charge in [-0.25, -0.2) is 4.68 Å². The lowest BCUT2D eigenvalue weighted by Crippen LogP contribution is -2.17. The van der Waals surface area contributed by atoms with Crippen LogP contribution in [0, 0.1) is 5.92 Å². The fourth-order valence-electron chi connectivity index (χ4n) is 2.73. The lowest BCUT2D eigenvalue weighted by Gasteiger charge is -2.15. The molecule has 1 heterocycles. The molecule has 1 aromatic carbocycles. The van der Waals surface area contributed by atoms with E-state index in [0.717, 1.165) is 25.0 Å². The van der Waals surface area contributed by atoms with E-state index < -0.39 is 11.7 Å². The van der Waals surface area contributed by atoms with E-state index >= 15 is 0 Å². The Morgan fingerprint density at radius 1 is 1.38 bits per heavy atom. The molecule has 1 aliphatic rings. The zero-order valence-corrected chi connectivity index (χ0v) is 12.8. The van der Waals surface area contributed by atoms with Crippen LogP contribution in [0.2, 0.25) is 0 Å². The van der Waals surface area contributed by atoms with E-state index in [1.165, 1.54) is 16.9 Å². The second-order valence-corrected chi connectivity index (χ2v) is 5.70. The first-order valence-electron chi connectivity index (χ1n) is 7.61. The Balaban J connectivity index is 1.87. The molecule has 0 saturated carbocycles. The minimum atomic E-state index is -4.48. The number of aromatic nitrogens is 2. The van der Waals surface area contributed by atoms with Crippen LogP contribution < -0.4 is 5.32 Å². The molecule has 1 aromatic heterocycles. The summed E-state index contributed by atoms with van der Waals surface area (Å²) in [5.41, 5.74) is -0.321. The van der Waals surface area contributed by atoms with Crippen molar-refractivity contribution in [3.8, 4) is 5.69 Å². The van der Waals surface area contributed by atoms with Crippen molar-refractivity contribution in [3.63, 3.8) is 0 Å².